The number of allylic oxidation sites excluding steroid dienone is 1. The van der Waals surface area contributed by atoms with Crippen LogP contribution in [0.1, 0.15) is 31.7 Å². The summed E-state index contributed by atoms with van der Waals surface area (Å²) in [6, 6.07) is 13.4. The number of rotatable bonds is 7. The maximum Gasteiger partial charge on any atom is 0.137 e. The summed E-state index contributed by atoms with van der Waals surface area (Å²) in [5.41, 5.74) is 2.52. The van der Waals surface area contributed by atoms with E-state index in [4.69, 9.17) is 10.00 Å². The van der Waals surface area contributed by atoms with Gasteiger partial charge in [-0.05, 0) is 37.1 Å². The lowest BCUT2D eigenvalue weighted by molar-refractivity contribution is 0.323. The number of aromatic nitrogens is 1. The van der Waals surface area contributed by atoms with Crippen LogP contribution in [0.25, 0.3) is 11.3 Å². The Morgan fingerprint density at radius 2 is 1.86 bits per heavy atom. The van der Waals surface area contributed by atoms with E-state index in [1.165, 1.54) is 6.42 Å². The first kappa shape index (κ1) is 15.8. The Morgan fingerprint density at radius 3 is 2.50 bits per heavy atom. The van der Waals surface area contributed by atoms with Gasteiger partial charge in [0, 0.05) is 5.56 Å². The third-order valence-corrected chi connectivity index (χ3v) is 3.22. The quantitative estimate of drug-likeness (QED) is 0.546. The summed E-state index contributed by atoms with van der Waals surface area (Å²) in [4.78, 5) is 4.41. The highest BCUT2D eigenvalue weighted by molar-refractivity contribution is 5.60. The molecule has 0 amide bonds. The molecule has 3 nitrogen and oxygen atoms in total. The molecule has 0 bridgehead atoms. The molecule has 0 aliphatic carbocycles. The number of benzene rings is 1. The SMILES string of the molecule is CCC/C=C\CCOc1ccc(-c2ccc(C#N)cc2)nc1. The molecule has 2 aromatic rings. The molecule has 0 aliphatic heterocycles. The molecule has 22 heavy (non-hydrogen) atoms. The normalized spacial score (nSPS) is 10.5. The fraction of sp³-hybridized carbons (Fsp3) is 0.263. The largest absolute Gasteiger partial charge is 0.492 e. The lowest BCUT2D eigenvalue weighted by Crippen LogP contribution is -1.96. The van der Waals surface area contributed by atoms with E-state index < -0.39 is 0 Å². The van der Waals surface area contributed by atoms with Gasteiger partial charge in [0.2, 0.25) is 0 Å². The van der Waals surface area contributed by atoms with Crippen LogP contribution >= 0.6 is 0 Å². The van der Waals surface area contributed by atoms with Crippen LogP contribution in [0.15, 0.2) is 54.7 Å². The minimum Gasteiger partial charge on any atom is -0.492 e. The summed E-state index contributed by atoms with van der Waals surface area (Å²) in [5, 5.41) is 8.80. The predicted molar refractivity (Wildman–Crippen MR) is 88.5 cm³/mol. The van der Waals surface area contributed by atoms with E-state index in [1.807, 2.05) is 24.3 Å². The maximum atomic E-state index is 8.80. The summed E-state index contributed by atoms with van der Waals surface area (Å²) in [6.07, 6.45) is 9.30. The standard InChI is InChI=1S/C19H20N2O/c1-2-3-4-5-6-13-22-18-11-12-19(21-15-18)17-9-7-16(14-20)8-10-17/h4-5,7-12,15H,2-3,6,13H2,1H3/b5-4-. The van der Waals surface area contributed by atoms with Gasteiger partial charge >= 0.3 is 0 Å². The molecule has 0 N–H and O–H groups in total. The third kappa shape index (κ3) is 4.75. The minimum absolute atomic E-state index is 0.653. The molecular weight excluding hydrogens is 272 g/mol. The summed E-state index contributed by atoms with van der Waals surface area (Å²) >= 11 is 0. The van der Waals surface area contributed by atoms with Gasteiger partial charge in [-0.25, -0.2) is 0 Å². The molecule has 0 aliphatic rings. The van der Waals surface area contributed by atoms with Crippen molar-refractivity contribution >= 4 is 0 Å². The molecule has 1 aromatic carbocycles. The van der Waals surface area contributed by atoms with Gasteiger partial charge < -0.3 is 4.74 Å². The number of hydrogen-bond acceptors (Lipinski definition) is 3. The van der Waals surface area contributed by atoms with Gasteiger partial charge in [0.1, 0.15) is 5.75 Å². The number of nitrogens with zero attached hydrogens (tertiary/aromatic N) is 2. The number of hydrogen-bond donors (Lipinski definition) is 0. The fourth-order valence-corrected chi connectivity index (χ4v) is 2.00. The van der Waals surface area contributed by atoms with Gasteiger partial charge in [-0.1, -0.05) is 37.6 Å². The average Bonchev–Trinajstić information content (AvgIpc) is 2.59. The molecule has 0 saturated carbocycles. The average molecular weight is 292 g/mol. The van der Waals surface area contributed by atoms with Gasteiger partial charge in [-0.15, -0.1) is 0 Å². The molecule has 0 saturated heterocycles. The highest BCUT2D eigenvalue weighted by Gasteiger charge is 2.00. The summed E-state index contributed by atoms with van der Waals surface area (Å²) in [6.45, 7) is 2.83. The molecule has 0 fully saturated rings. The Labute approximate surface area is 131 Å². The van der Waals surface area contributed by atoms with Crippen molar-refractivity contribution in [3.8, 4) is 23.1 Å². The van der Waals surface area contributed by atoms with Crippen LogP contribution in [-0.2, 0) is 0 Å². The first-order valence-corrected chi connectivity index (χ1v) is 7.58. The van der Waals surface area contributed by atoms with Crippen molar-refractivity contribution in [2.45, 2.75) is 26.2 Å². The van der Waals surface area contributed by atoms with Crippen molar-refractivity contribution < 1.29 is 4.74 Å². The van der Waals surface area contributed by atoms with Crippen LogP contribution in [0.2, 0.25) is 0 Å². The van der Waals surface area contributed by atoms with E-state index in [2.05, 4.69) is 30.1 Å². The summed E-state index contributed by atoms with van der Waals surface area (Å²) in [7, 11) is 0. The maximum absolute atomic E-state index is 8.80. The Morgan fingerprint density at radius 1 is 1.09 bits per heavy atom. The van der Waals surface area contributed by atoms with Crippen LogP contribution in [0, 0.1) is 11.3 Å². The summed E-state index contributed by atoms with van der Waals surface area (Å²) in [5.74, 6) is 0.779. The zero-order valence-electron chi connectivity index (χ0n) is 12.8. The van der Waals surface area contributed by atoms with Gasteiger partial charge in [-0.3, -0.25) is 4.98 Å². The number of unbranched alkanes of at least 4 members (excludes halogenated alkanes) is 1. The Hall–Kier alpha value is -2.60. The highest BCUT2D eigenvalue weighted by Crippen LogP contribution is 2.20. The summed E-state index contributed by atoms with van der Waals surface area (Å²) < 4.78 is 5.66. The van der Waals surface area contributed by atoms with Crippen LogP contribution in [0.5, 0.6) is 5.75 Å². The van der Waals surface area contributed by atoms with Crippen molar-refractivity contribution in [3.05, 3.63) is 60.3 Å². The van der Waals surface area contributed by atoms with E-state index in [0.717, 1.165) is 29.8 Å². The second kappa shape index (κ2) is 8.63. The van der Waals surface area contributed by atoms with E-state index in [1.54, 1.807) is 18.3 Å². The monoisotopic (exact) mass is 292 g/mol. The lowest BCUT2D eigenvalue weighted by Gasteiger charge is -2.05. The van der Waals surface area contributed by atoms with Crippen molar-refractivity contribution in [2.75, 3.05) is 6.61 Å². The smallest absolute Gasteiger partial charge is 0.137 e. The molecule has 2 rings (SSSR count). The highest BCUT2D eigenvalue weighted by atomic mass is 16.5. The molecular formula is C19H20N2O. The zero-order chi connectivity index (χ0) is 15.6. The van der Waals surface area contributed by atoms with Crippen molar-refractivity contribution in [1.29, 1.82) is 5.26 Å². The Balaban J connectivity index is 1.88. The van der Waals surface area contributed by atoms with Crippen molar-refractivity contribution in [3.63, 3.8) is 0 Å². The van der Waals surface area contributed by atoms with E-state index >= 15 is 0 Å². The van der Waals surface area contributed by atoms with Crippen LogP contribution < -0.4 is 4.74 Å². The van der Waals surface area contributed by atoms with Crippen LogP contribution in [0.4, 0.5) is 0 Å². The number of ether oxygens (including phenoxy) is 1. The van der Waals surface area contributed by atoms with Crippen LogP contribution in [0.3, 0.4) is 0 Å². The first-order chi connectivity index (χ1) is 10.8. The van der Waals surface area contributed by atoms with Gasteiger partial charge in [0.05, 0.1) is 30.1 Å². The molecule has 0 atom stereocenters. The molecule has 1 heterocycles. The Kier molecular flexibility index (Phi) is 6.19. The van der Waals surface area contributed by atoms with Crippen molar-refractivity contribution in [2.24, 2.45) is 0 Å². The fourth-order valence-electron chi connectivity index (χ4n) is 2.00. The Bertz CT molecular complexity index is 637. The second-order valence-electron chi connectivity index (χ2n) is 4.97. The van der Waals surface area contributed by atoms with Gasteiger partial charge in [-0.2, -0.15) is 5.26 Å². The van der Waals surface area contributed by atoms with E-state index in [9.17, 15) is 0 Å². The van der Waals surface area contributed by atoms with Gasteiger partial charge in [0.25, 0.3) is 0 Å². The molecule has 112 valence electrons. The molecule has 0 unspecified atom stereocenters. The van der Waals surface area contributed by atoms with Crippen molar-refractivity contribution in [1.82, 2.24) is 4.98 Å². The lowest BCUT2D eigenvalue weighted by atomic mass is 10.1. The molecule has 0 radical (unpaired) electrons. The van der Waals surface area contributed by atoms with E-state index in [-0.39, 0.29) is 0 Å². The minimum atomic E-state index is 0.653. The number of nitriles is 1. The van der Waals surface area contributed by atoms with Crippen LogP contribution in [-0.4, -0.2) is 11.6 Å². The predicted octanol–water partition coefficient (Wildman–Crippen LogP) is 4.75. The third-order valence-electron chi connectivity index (χ3n) is 3.22. The van der Waals surface area contributed by atoms with Gasteiger partial charge in [0.15, 0.2) is 0 Å². The van der Waals surface area contributed by atoms with E-state index in [0.29, 0.717) is 12.2 Å². The zero-order valence-corrected chi connectivity index (χ0v) is 12.8. The topological polar surface area (TPSA) is 45.9 Å². The second-order valence-corrected chi connectivity index (χ2v) is 4.97. The number of pyridine rings is 1. The molecule has 1 aromatic heterocycles. The first-order valence-electron chi connectivity index (χ1n) is 7.58. The molecule has 0 spiro atoms. The molecule has 3 heteroatoms.